The van der Waals surface area contributed by atoms with Crippen molar-refractivity contribution in [3.8, 4) is 11.3 Å². The first kappa shape index (κ1) is 20.4. The van der Waals surface area contributed by atoms with E-state index >= 15 is 0 Å². The normalized spacial score (nSPS) is 10.8. The molecule has 4 aromatic rings. The molecule has 6 nitrogen and oxygen atoms in total. The molecule has 0 aliphatic carbocycles. The molecule has 0 radical (unpaired) electrons. The Morgan fingerprint density at radius 1 is 1.10 bits per heavy atom. The maximum absolute atomic E-state index is 14.4. The van der Waals surface area contributed by atoms with E-state index in [1.54, 1.807) is 30.5 Å². The summed E-state index contributed by atoms with van der Waals surface area (Å²) in [6.07, 6.45) is 4.63. The molecule has 31 heavy (non-hydrogen) atoms. The number of anilines is 2. The van der Waals surface area contributed by atoms with Crippen molar-refractivity contribution in [2.24, 2.45) is 0 Å². The monoisotopic (exact) mass is 416 g/mol. The number of halogens is 1. The minimum absolute atomic E-state index is 0.144. The Morgan fingerprint density at radius 2 is 1.94 bits per heavy atom. The van der Waals surface area contributed by atoms with Crippen molar-refractivity contribution in [3.63, 3.8) is 0 Å². The predicted molar refractivity (Wildman–Crippen MR) is 118 cm³/mol. The molecule has 0 saturated heterocycles. The number of hydrogen-bond acceptors (Lipinski definition) is 6. The Hall–Kier alpha value is -3.87. The van der Waals surface area contributed by atoms with Crippen molar-refractivity contribution in [1.82, 2.24) is 15.0 Å². The van der Waals surface area contributed by atoms with Crippen molar-refractivity contribution < 1.29 is 13.9 Å². The van der Waals surface area contributed by atoms with E-state index < -0.39 is 11.8 Å². The van der Waals surface area contributed by atoms with Gasteiger partial charge in [0.2, 0.25) is 5.95 Å². The zero-order valence-electron chi connectivity index (χ0n) is 17.0. The van der Waals surface area contributed by atoms with E-state index in [2.05, 4.69) is 20.3 Å². The first-order valence-electron chi connectivity index (χ1n) is 10.1. The van der Waals surface area contributed by atoms with Crippen molar-refractivity contribution in [2.45, 2.75) is 19.8 Å². The van der Waals surface area contributed by atoms with Gasteiger partial charge in [0.05, 0.1) is 23.9 Å². The van der Waals surface area contributed by atoms with Crippen LogP contribution in [0.3, 0.4) is 0 Å². The Bertz CT molecular complexity index is 1210. The summed E-state index contributed by atoms with van der Waals surface area (Å²) in [6.45, 7) is 2.41. The maximum Gasteiger partial charge on any atom is 0.338 e. The summed E-state index contributed by atoms with van der Waals surface area (Å²) < 4.78 is 19.6. The van der Waals surface area contributed by atoms with Gasteiger partial charge >= 0.3 is 5.97 Å². The van der Waals surface area contributed by atoms with Crippen LogP contribution >= 0.6 is 0 Å². The van der Waals surface area contributed by atoms with Gasteiger partial charge in [-0.2, -0.15) is 0 Å². The Balaban J connectivity index is 1.54. The van der Waals surface area contributed by atoms with Gasteiger partial charge < -0.3 is 10.1 Å². The van der Waals surface area contributed by atoms with E-state index in [1.807, 2.05) is 37.3 Å². The van der Waals surface area contributed by atoms with Crippen molar-refractivity contribution in [1.29, 1.82) is 0 Å². The minimum Gasteiger partial charge on any atom is -0.462 e. The van der Waals surface area contributed by atoms with Gasteiger partial charge in [-0.25, -0.2) is 19.2 Å². The van der Waals surface area contributed by atoms with Gasteiger partial charge in [0.15, 0.2) is 5.82 Å². The van der Waals surface area contributed by atoms with Gasteiger partial charge in [-0.1, -0.05) is 31.5 Å². The third-order valence-electron chi connectivity index (χ3n) is 4.73. The van der Waals surface area contributed by atoms with Crippen molar-refractivity contribution >= 4 is 28.5 Å². The van der Waals surface area contributed by atoms with Crippen LogP contribution in [0.5, 0.6) is 0 Å². The van der Waals surface area contributed by atoms with Gasteiger partial charge in [-0.05, 0) is 42.8 Å². The highest BCUT2D eigenvalue weighted by atomic mass is 19.1. The van der Waals surface area contributed by atoms with Crippen molar-refractivity contribution in [3.05, 3.63) is 78.4 Å². The number of esters is 1. The topological polar surface area (TPSA) is 77.0 Å². The number of nitrogens with zero attached hydrogens (tertiary/aromatic N) is 3. The van der Waals surface area contributed by atoms with Crippen LogP contribution in [0.15, 0.2) is 67.0 Å². The highest BCUT2D eigenvalue weighted by Crippen LogP contribution is 2.24. The molecule has 0 unspecified atom stereocenters. The maximum atomic E-state index is 14.4. The van der Waals surface area contributed by atoms with E-state index in [1.165, 1.54) is 0 Å². The molecular weight excluding hydrogens is 395 g/mol. The number of hydrogen-bond donors (Lipinski definition) is 1. The molecule has 0 bridgehead atoms. The molecule has 1 N–H and O–H groups in total. The van der Waals surface area contributed by atoms with Crippen LogP contribution < -0.4 is 5.32 Å². The Morgan fingerprint density at radius 3 is 2.74 bits per heavy atom. The summed E-state index contributed by atoms with van der Waals surface area (Å²) in [5.74, 6) is -0.675. The zero-order valence-corrected chi connectivity index (χ0v) is 17.0. The van der Waals surface area contributed by atoms with Crippen LogP contribution in [-0.4, -0.2) is 27.5 Å². The number of carbonyl (C=O) groups is 1. The summed E-state index contributed by atoms with van der Waals surface area (Å²) in [5, 5.41) is 4.07. The second kappa shape index (κ2) is 9.30. The number of fused-ring (bicyclic) bond motifs is 1. The van der Waals surface area contributed by atoms with Gasteiger partial charge in [-0.15, -0.1) is 0 Å². The van der Waals surface area contributed by atoms with Crippen LogP contribution in [-0.2, 0) is 4.74 Å². The van der Waals surface area contributed by atoms with Crippen LogP contribution in [0.4, 0.5) is 16.0 Å². The fourth-order valence-electron chi connectivity index (χ4n) is 3.07. The first-order valence-corrected chi connectivity index (χ1v) is 10.1. The highest BCUT2D eigenvalue weighted by molar-refractivity contribution is 5.90. The molecule has 0 aliphatic rings. The fraction of sp³-hybridized carbons (Fsp3) is 0.167. The lowest BCUT2D eigenvalue weighted by Gasteiger charge is -2.09. The Labute approximate surface area is 179 Å². The van der Waals surface area contributed by atoms with E-state index in [0.29, 0.717) is 17.7 Å². The van der Waals surface area contributed by atoms with E-state index in [4.69, 9.17) is 4.74 Å². The number of benzene rings is 2. The molecule has 4 rings (SSSR count). The van der Waals surface area contributed by atoms with E-state index in [-0.39, 0.29) is 11.6 Å². The highest BCUT2D eigenvalue weighted by Gasteiger charge is 2.12. The number of aromatic nitrogens is 3. The van der Waals surface area contributed by atoms with Crippen LogP contribution in [0.1, 0.15) is 30.1 Å². The van der Waals surface area contributed by atoms with Gasteiger partial charge in [0.1, 0.15) is 5.69 Å². The third-order valence-corrected chi connectivity index (χ3v) is 4.73. The minimum atomic E-state index is -0.550. The smallest absolute Gasteiger partial charge is 0.338 e. The molecule has 0 amide bonds. The number of unbranched alkanes of at least 4 members (excludes halogenated alkanes) is 1. The molecule has 0 atom stereocenters. The SMILES string of the molecule is CCCCOC(=O)c1ccc(-c2nc(Nc3ccc4ncccc4c3)ncc2F)cc1. The number of pyridine rings is 1. The molecule has 0 spiro atoms. The average Bonchev–Trinajstić information content (AvgIpc) is 2.80. The van der Waals surface area contributed by atoms with E-state index in [0.717, 1.165) is 35.6 Å². The Kier molecular flexibility index (Phi) is 6.12. The summed E-state index contributed by atoms with van der Waals surface area (Å²) >= 11 is 0. The molecule has 2 aromatic heterocycles. The lowest BCUT2D eigenvalue weighted by Crippen LogP contribution is -2.06. The number of carbonyl (C=O) groups excluding carboxylic acids is 1. The quantitative estimate of drug-likeness (QED) is 0.315. The summed E-state index contributed by atoms with van der Waals surface area (Å²) in [7, 11) is 0. The largest absolute Gasteiger partial charge is 0.462 e. The first-order chi connectivity index (χ1) is 15.1. The standard InChI is InChI=1S/C24H21FN4O2/c1-2-3-13-31-23(30)17-8-6-16(7-9-17)22-20(25)15-27-24(29-22)28-19-10-11-21-18(14-19)5-4-12-26-21/h4-12,14-15H,2-3,13H2,1H3,(H,27,28,29). The fourth-order valence-corrected chi connectivity index (χ4v) is 3.07. The molecule has 0 saturated carbocycles. The summed E-state index contributed by atoms with van der Waals surface area (Å²) in [5.41, 5.74) is 2.74. The second-order valence-electron chi connectivity index (χ2n) is 6.99. The lowest BCUT2D eigenvalue weighted by atomic mass is 10.1. The molecule has 0 fully saturated rings. The van der Waals surface area contributed by atoms with E-state index in [9.17, 15) is 9.18 Å². The number of nitrogens with one attached hydrogen (secondary N) is 1. The molecule has 2 aromatic carbocycles. The summed E-state index contributed by atoms with van der Waals surface area (Å²) in [4.78, 5) is 24.7. The molecular formula is C24H21FN4O2. The molecule has 156 valence electrons. The van der Waals surface area contributed by atoms with Crippen LogP contribution in [0.25, 0.3) is 22.2 Å². The van der Waals surface area contributed by atoms with Crippen molar-refractivity contribution in [2.75, 3.05) is 11.9 Å². The third kappa shape index (κ3) is 4.83. The lowest BCUT2D eigenvalue weighted by molar-refractivity contribution is 0.0500. The number of rotatable bonds is 7. The van der Waals surface area contributed by atoms with Gasteiger partial charge in [0.25, 0.3) is 0 Å². The predicted octanol–water partition coefficient (Wildman–Crippen LogP) is 5.53. The van der Waals surface area contributed by atoms with Crippen LogP contribution in [0.2, 0.25) is 0 Å². The molecule has 0 aliphatic heterocycles. The molecule has 2 heterocycles. The van der Waals surface area contributed by atoms with Crippen LogP contribution in [0, 0.1) is 5.82 Å². The second-order valence-corrected chi connectivity index (χ2v) is 6.99. The van der Waals surface area contributed by atoms with Gasteiger partial charge in [0, 0.05) is 22.8 Å². The summed E-state index contributed by atoms with van der Waals surface area (Å²) in [6, 6.07) is 16.0. The average molecular weight is 416 g/mol. The number of ether oxygens (including phenoxy) is 1. The van der Waals surface area contributed by atoms with Gasteiger partial charge in [-0.3, -0.25) is 4.98 Å². The molecule has 7 heteroatoms. The zero-order chi connectivity index (χ0) is 21.6.